The van der Waals surface area contributed by atoms with E-state index in [1.165, 1.54) is 10.8 Å². The second-order valence-corrected chi connectivity index (χ2v) is 16.6. The first-order valence-corrected chi connectivity index (χ1v) is 21.6. The summed E-state index contributed by atoms with van der Waals surface area (Å²) in [5.74, 6) is 0.593. The maximum atomic E-state index is 6.52. The molecule has 0 saturated carbocycles. The summed E-state index contributed by atoms with van der Waals surface area (Å²) in [5, 5.41) is 8.98. The van der Waals surface area contributed by atoms with Crippen LogP contribution in [-0.4, -0.2) is 19.1 Å². The molecule has 5 heterocycles. The molecule has 0 unspecified atom stereocenters. The van der Waals surface area contributed by atoms with Crippen LogP contribution in [0.3, 0.4) is 0 Å². The number of nitrogens with zero attached hydrogens (tertiary/aromatic N) is 4. The number of para-hydroxylation sites is 3. The number of hydrogen-bond acceptors (Lipinski definition) is 4. The van der Waals surface area contributed by atoms with Gasteiger partial charge < -0.3 is 13.4 Å². The van der Waals surface area contributed by atoms with Gasteiger partial charge in [0.25, 0.3) is 0 Å². The minimum atomic E-state index is 0.593. The molecule has 64 heavy (non-hydrogen) atoms. The Hall–Kier alpha value is -8.74. The van der Waals surface area contributed by atoms with Crippen molar-refractivity contribution in [1.29, 1.82) is 0 Å². The van der Waals surface area contributed by atoms with E-state index in [-0.39, 0.29) is 0 Å². The normalized spacial score (nSPS) is 12.1. The van der Waals surface area contributed by atoms with E-state index in [1.807, 2.05) is 36.4 Å². The summed E-state index contributed by atoms with van der Waals surface area (Å²) >= 11 is 0. The van der Waals surface area contributed by atoms with Gasteiger partial charge in [-0.1, -0.05) is 133 Å². The van der Waals surface area contributed by atoms with E-state index in [4.69, 9.17) is 18.8 Å². The van der Waals surface area contributed by atoms with Crippen molar-refractivity contribution >= 4 is 87.5 Å². The molecule has 0 aliphatic heterocycles. The van der Waals surface area contributed by atoms with Crippen molar-refractivity contribution in [2.24, 2.45) is 0 Å². The molecule has 0 radical (unpaired) electrons. The van der Waals surface area contributed by atoms with Crippen LogP contribution in [0.5, 0.6) is 0 Å². The van der Waals surface area contributed by atoms with Gasteiger partial charge in [-0.2, -0.15) is 0 Å². The second-order valence-electron chi connectivity index (χ2n) is 16.6. The van der Waals surface area contributed by atoms with Crippen LogP contribution in [0.15, 0.2) is 215 Å². The maximum Gasteiger partial charge on any atom is 0.235 e. The van der Waals surface area contributed by atoms with E-state index >= 15 is 0 Å². The average Bonchev–Trinajstić information content (AvgIpc) is 4.09. The molecule has 6 nitrogen and oxygen atoms in total. The van der Waals surface area contributed by atoms with E-state index in [0.29, 0.717) is 5.95 Å². The van der Waals surface area contributed by atoms with Gasteiger partial charge in [-0.25, -0.2) is 9.97 Å². The van der Waals surface area contributed by atoms with Gasteiger partial charge in [-0.3, -0.25) is 4.57 Å². The van der Waals surface area contributed by atoms with Crippen molar-refractivity contribution < 1.29 is 8.83 Å². The number of hydrogen-bond donors (Lipinski definition) is 0. The monoisotopic (exact) mass is 818 g/mol. The van der Waals surface area contributed by atoms with E-state index in [0.717, 1.165) is 116 Å². The molecule has 0 N–H and O–H groups in total. The standard InChI is InChI=1S/C58H34N4O2/c1-4-14-35(15-5-1)48-32-49(36-16-6-2-7-17-36)60-58(59-48)62-50-27-25-37(28-43(50)45-31-47-42-21-11-13-23-55(42)64-57(47)34-53(45)62)38-24-26-40-44-30-46-41-20-10-12-22-54(41)63-56(46)33-52(44)61(51(40)29-38)39-18-8-3-9-19-39/h1-34H. The third-order valence-corrected chi connectivity index (χ3v) is 12.9. The first kappa shape index (κ1) is 34.9. The van der Waals surface area contributed by atoms with Crippen LogP contribution < -0.4 is 0 Å². The van der Waals surface area contributed by atoms with Gasteiger partial charge in [-0.15, -0.1) is 0 Å². The summed E-state index contributed by atoms with van der Waals surface area (Å²) < 4.78 is 17.5. The van der Waals surface area contributed by atoms with Gasteiger partial charge in [-0.05, 0) is 71.8 Å². The van der Waals surface area contributed by atoms with Crippen LogP contribution in [0.1, 0.15) is 0 Å². The molecule has 0 fully saturated rings. The minimum absolute atomic E-state index is 0.593. The van der Waals surface area contributed by atoms with Gasteiger partial charge in [0.2, 0.25) is 5.95 Å². The predicted octanol–water partition coefficient (Wildman–Crippen LogP) is 15.5. The summed E-state index contributed by atoms with van der Waals surface area (Å²) in [5.41, 5.74) is 14.7. The SMILES string of the molecule is c1ccc(-c2cc(-c3ccccc3)nc(-n3c4ccc(-c5ccc6c7cc8c(cc7n(-c7ccccc7)c6c5)oc5ccccc58)cc4c4cc5c(cc43)oc3ccccc35)n2)cc1. The third kappa shape index (κ3) is 5.20. The molecule has 0 bridgehead atoms. The first-order chi connectivity index (χ1) is 31.7. The van der Waals surface area contributed by atoms with Gasteiger partial charge in [0.05, 0.1) is 33.5 Å². The molecular weight excluding hydrogens is 785 g/mol. The Labute approximate surface area is 365 Å². The Morgan fingerprint density at radius 2 is 0.766 bits per heavy atom. The molecule has 0 amide bonds. The molecule has 14 rings (SSSR count). The van der Waals surface area contributed by atoms with Gasteiger partial charge in [0.1, 0.15) is 22.3 Å². The van der Waals surface area contributed by atoms with E-state index in [9.17, 15) is 0 Å². The molecular formula is C58H34N4O2. The highest BCUT2D eigenvalue weighted by Gasteiger charge is 2.22. The zero-order valence-electron chi connectivity index (χ0n) is 34.2. The number of furan rings is 2. The zero-order chi connectivity index (χ0) is 41.9. The largest absolute Gasteiger partial charge is 0.456 e. The summed E-state index contributed by atoms with van der Waals surface area (Å²) in [6.07, 6.45) is 0. The molecule has 6 heteroatoms. The number of rotatable bonds is 5. The summed E-state index contributed by atoms with van der Waals surface area (Å²) in [4.78, 5) is 10.6. The fourth-order valence-electron chi connectivity index (χ4n) is 9.95. The van der Waals surface area contributed by atoms with Gasteiger partial charge in [0.15, 0.2) is 0 Å². The van der Waals surface area contributed by atoms with Crippen molar-refractivity contribution in [3.05, 3.63) is 206 Å². The molecule has 0 aliphatic carbocycles. The van der Waals surface area contributed by atoms with Crippen LogP contribution in [0.4, 0.5) is 0 Å². The topological polar surface area (TPSA) is 61.9 Å². The molecule has 0 atom stereocenters. The smallest absolute Gasteiger partial charge is 0.235 e. The Balaban J connectivity index is 1.03. The molecule has 298 valence electrons. The van der Waals surface area contributed by atoms with Crippen molar-refractivity contribution in [1.82, 2.24) is 19.1 Å². The Morgan fingerprint density at radius 3 is 1.39 bits per heavy atom. The Bertz CT molecular complexity index is 4120. The molecule has 5 aromatic heterocycles. The van der Waals surface area contributed by atoms with Crippen LogP contribution in [0.2, 0.25) is 0 Å². The van der Waals surface area contributed by atoms with Crippen molar-refractivity contribution in [2.75, 3.05) is 0 Å². The number of aromatic nitrogens is 4. The molecule has 9 aromatic carbocycles. The first-order valence-electron chi connectivity index (χ1n) is 21.6. The molecule has 0 spiro atoms. The lowest BCUT2D eigenvalue weighted by atomic mass is 10.0. The molecule has 0 aliphatic rings. The molecule has 0 saturated heterocycles. The lowest BCUT2D eigenvalue weighted by molar-refractivity contribution is 0.669. The fraction of sp³-hybridized carbons (Fsp3) is 0. The Kier molecular flexibility index (Phi) is 7.30. The van der Waals surface area contributed by atoms with Gasteiger partial charge in [0, 0.05) is 72.0 Å². The lowest BCUT2D eigenvalue weighted by Crippen LogP contribution is -2.04. The van der Waals surface area contributed by atoms with E-state index < -0.39 is 0 Å². The number of fused-ring (bicyclic) bond motifs is 12. The quantitative estimate of drug-likeness (QED) is 0.174. The maximum absolute atomic E-state index is 6.52. The summed E-state index contributed by atoms with van der Waals surface area (Å²) in [6, 6.07) is 72.5. The van der Waals surface area contributed by atoms with Crippen molar-refractivity contribution in [2.45, 2.75) is 0 Å². The third-order valence-electron chi connectivity index (χ3n) is 12.9. The van der Waals surface area contributed by atoms with Crippen LogP contribution in [0.25, 0.3) is 133 Å². The molecule has 14 aromatic rings. The van der Waals surface area contributed by atoms with Crippen LogP contribution in [-0.2, 0) is 0 Å². The fourth-order valence-corrected chi connectivity index (χ4v) is 9.95. The van der Waals surface area contributed by atoms with Crippen LogP contribution >= 0.6 is 0 Å². The van der Waals surface area contributed by atoms with Crippen LogP contribution in [0, 0.1) is 0 Å². The summed E-state index contributed by atoms with van der Waals surface area (Å²) in [6.45, 7) is 0. The number of benzene rings is 9. The zero-order valence-corrected chi connectivity index (χ0v) is 34.2. The lowest BCUT2D eigenvalue weighted by Gasteiger charge is -2.12. The minimum Gasteiger partial charge on any atom is -0.456 e. The summed E-state index contributed by atoms with van der Waals surface area (Å²) in [7, 11) is 0. The average molecular weight is 819 g/mol. The van der Waals surface area contributed by atoms with Crippen molar-refractivity contribution in [3.63, 3.8) is 0 Å². The highest BCUT2D eigenvalue weighted by atomic mass is 16.3. The second kappa shape index (κ2) is 13.4. The van der Waals surface area contributed by atoms with Crippen molar-refractivity contribution in [3.8, 4) is 45.3 Å². The van der Waals surface area contributed by atoms with E-state index in [2.05, 4.69) is 179 Å². The Morgan fingerprint density at radius 1 is 0.281 bits per heavy atom. The highest BCUT2D eigenvalue weighted by molar-refractivity contribution is 6.19. The van der Waals surface area contributed by atoms with Gasteiger partial charge >= 0.3 is 0 Å². The van der Waals surface area contributed by atoms with E-state index in [1.54, 1.807) is 0 Å². The predicted molar refractivity (Wildman–Crippen MR) is 262 cm³/mol. The highest BCUT2D eigenvalue weighted by Crippen LogP contribution is 2.43.